The number of benzene rings is 2. The van der Waals surface area contributed by atoms with E-state index in [4.69, 9.17) is 15.7 Å². The van der Waals surface area contributed by atoms with Gasteiger partial charge in [-0.2, -0.15) is 4.98 Å². The van der Waals surface area contributed by atoms with Crippen LogP contribution in [0.15, 0.2) is 54.6 Å². The molecule has 5 heteroatoms. The van der Waals surface area contributed by atoms with E-state index in [1.807, 2.05) is 0 Å². The van der Waals surface area contributed by atoms with E-state index in [-0.39, 0.29) is 0 Å². The number of hydrogen-bond donors (Lipinski definition) is 1. The number of rotatable bonds is 3. The predicted octanol–water partition coefficient (Wildman–Crippen LogP) is 4.71. The van der Waals surface area contributed by atoms with Gasteiger partial charge in [0.25, 0.3) is 0 Å². The molecule has 6 rings (SSSR count). The number of nitrogens with zero attached hydrogens (tertiary/aromatic N) is 4. The minimum atomic E-state index is 0.399. The van der Waals surface area contributed by atoms with Crippen molar-refractivity contribution in [3.05, 3.63) is 71.3 Å². The van der Waals surface area contributed by atoms with E-state index in [0.717, 1.165) is 50.4 Å². The monoisotopic (exact) mass is 439 g/mol. The molecule has 2 aromatic carbocycles. The summed E-state index contributed by atoms with van der Waals surface area (Å²) < 4.78 is 0. The Bertz CT molecular complexity index is 1130. The van der Waals surface area contributed by atoms with Gasteiger partial charge >= 0.3 is 0 Å². The highest BCUT2D eigenvalue weighted by Crippen LogP contribution is 2.43. The van der Waals surface area contributed by atoms with E-state index >= 15 is 0 Å². The van der Waals surface area contributed by atoms with Crippen LogP contribution in [0.3, 0.4) is 0 Å². The van der Waals surface area contributed by atoms with Crippen molar-refractivity contribution < 1.29 is 0 Å². The molecule has 2 N–H and O–H groups in total. The molecular weight excluding hydrogens is 406 g/mol. The molecule has 0 saturated carbocycles. The molecule has 0 atom stereocenters. The third-order valence-corrected chi connectivity index (χ3v) is 8.04. The van der Waals surface area contributed by atoms with Gasteiger partial charge < -0.3 is 10.6 Å². The highest BCUT2D eigenvalue weighted by Gasteiger charge is 2.41. The lowest BCUT2D eigenvalue weighted by molar-refractivity contribution is 0.205. The Kier molecular flexibility index (Phi) is 5.30. The minimum absolute atomic E-state index is 0.399. The summed E-state index contributed by atoms with van der Waals surface area (Å²) in [7, 11) is 0. The number of nitrogens with two attached hydrogens (primary N) is 1. The number of piperidine rings is 1. The van der Waals surface area contributed by atoms with Crippen molar-refractivity contribution in [3.8, 4) is 11.3 Å². The number of hydrogen-bond acceptors (Lipinski definition) is 5. The second-order valence-electron chi connectivity index (χ2n) is 10.2. The van der Waals surface area contributed by atoms with Crippen LogP contribution in [0.1, 0.15) is 42.4 Å². The highest BCUT2D eigenvalue weighted by atomic mass is 15.2. The van der Waals surface area contributed by atoms with Crippen LogP contribution in [0.25, 0.3) is 11.3 Å². The van der Waals surface area contributed by atoms with Gasteiger partial charge in [-0.25, -0.2) is 4.98 Å². The Morgan fingerprint density at radius 3 is 2.45 bits per heavy atom. The fourth-order valence-electron chi connectivity index (χ4n) is 6.23. The molecule has 33 heavy (non-hydrogen) atoms. The fraction of sp³-hybridized carbons (Fsp3) is 0.429. The molecule has 0 bridgehead atoms. The molecule has 2 fully saturated rings. The molecule has 2 aliphatic heterocycles. The van der Waals surface area contributed by atoms with Crippen molar-refractivity contribution in [2.24, 2.45) is 5.41 Å². The summed E-state index contributed by atoms with van der Waals surface area (Å²) >= 11 is 0. The Labute approximate surface area is 196 Å². The van der Waals surface area contributed by atoms with Crippen molar-refractivity contribution in [2.75, 3.05) is 36.8 Å². The Hall–Kier alpha value is -2.92. The Morgan fingerprint density at radius 2 is 1.61 bits per heavy atom. The van der Waals surface area contributed by atoms with Gasteiger partial charge in [0, 0.05) is 37.3 Å². The molecule has 0 unspecified atom stereocenters. The topological polar surface area (TPSA) is 58.3 Å². The third-order valence-electron chi connectivity index (χ3n) is 8.04. The largest absolute Gasteiger partial charge is 0.368 e. The summed E-state index contributed by atoms with van der Waals surface area (Å²) in [6.07, 6.45) is 7.01. The molecule has 3 heterocycles. The lowest BCUT2D eigenvalue weighted by Crippen LogP contribution is -2.42. The SMILES string of the molecule is Nc1nc2c(c(N3CCC4(CCN(Cc5ccccc5)C4)CC3)n1)CCCc1ccccc1-2. The first-order valence-corrected chi connectivity index (χ1v) is 12.5. The zero-order valence-electron chi connectivity index (χ0n) is 19.3. The lowest BCUT2D eigenvalue weighted by atomic mass is 9.77. The molecule has 5 nitrogen and oxygen atoms in total. The normalized spacial score (nSPS) is 19.8. The molecule has 0 amide bonds. The zero-order valence-corrected chi connectivity index (χ0v) is 19.3. The maximum Gasteiger partial charge on any atom is 0.222 e. The molecule has 1 aliphatic carbocycles. The second kappa shape index (κ2) is 8.45. The van der Waals surface area contributed by atoms with E-state index < -0.39 is 0 Å². The van der Waals surface area contributed by atoms with Crippen molar-refractivity contribution in [1.29, 1.82) is 0 Å². The summed E-state index contributed by atoms with van der Waals surface area (Å²) in [6, 6.07) is 19.6. The first-order chi connectivity index (χ1) is 16.2. The van der Waals surface area contributed by atoms with Crippen molar-refractivity contribution in [1.82, 2.24) is 14.9 Å². The zero-order chi connectivity index (χ0) is 22.3. The van der Waals surface area contributed by atoms with E-state index in [2.05, 4.69) is 64.4 Å². The van der Waals surface area contributed by atoms with Gasteiger partial charge in [-0.3, -0.25) is 4.90 Å². The van der Waals surface area contributed by atoms with E-state index in [9.17, 15) is 0 Å². The standard InChI is InChI=1S/C28H33N5/c29-27-30-25-23-11-5-4-9-22(23)10-6-12-24(25)26(31-27)33-17-14-28(15-18-33)13-16-32(20-28)19-21-7-2-1-3-8-21/h1-5,7-9,11H,6,10,12-20H2,(H2,29,30,31). The molecule has 2 saturated heterocycles. The molecule has 170 valence electrons. The van der Waals surface area contributed by atoms with Crippen LogP contribution >= 0.6 is 0 Å². The summed E-state index contributed by atoms with van der Waals surface area (Å²) in [5.41, 5.74) is 13.1. The predicted molar refractivity (Wildman–Crippen MR) is 134 cm³/mol. The Balaban J connectivity index is 1.20. The van der Waals surface area contributed by atoms with Gasteiger partial charge in [0.2, 0.25) is 5.95 Å². The van der Waals surface area contributed by atoms with Crippen LogP contribution in [0.4, 0.5) is 11.8 Å². The van der Waals surface area contributed by atoms with Gasteiger partial charge in [0.05, 0.1) is 5.69 Å². The summed E-state index contributed by atoms with van der Waals surface area (Å²) in [6.45, 7) is 5.61. The molecule has 0 radical (unpaired) electrons. The summed E-state index contributed by atoms with van der Waals surface area (Å²) in [4.78, 5) is 14.7. The number of aryl methyl sites for hydroxylation is 1. The highest BCUT2D eigenvalue weighted by molar-refractivity contribution is 5.74. The summed E-state index contributed by atoms with van der Waals surface area (Å²) in [5.74, 6) is 1.49. The number of likely N-dealkylation sites (tertiary alicyclic amines) is 1. The van der Waals surface area contributed by atoms with Gasteiger partial charge in [0.1, 0.15) is 5.82 Å². The first kappa shape index (κ1) is 20.7. The number of aromatic nitrogens is 2. The van der Waals surface area contributed by atoms with E-state index in [1.54, 1.807) is 0 Å². The molecule has 3 aliphatic rings. The first-order valence-electron chi connectivity index (χ1n) is 12.5. The lowest BCUT2D eigenvalue weighted by Gasteiger charge is -2.40. The number of fused-ring (bicyclic) bond motifs is 3. The van der Waals surface area contributed by atoms with E-state index in [0.29, 0.717) is 11.4 Å². The van der Waals surface area contributed by atoms with Crippen LogP contribution in [-0.4, -0.2) is 41.0 Å². The maximum absolute atomic E-state index is 6.25. The van der Waals surface area contributed by atoms with Gasteiger partial charge in [-0.1, -0.05) is 54.6 Å². The average molecular weight is 440 g/mol. The number of anilines is 2. The quantitative estimate of drug-likeness (QED) is 0.641. The van der Waals surface area contributed by atoms with Gasteiger partial charge in [-0.15, -0.1) is 0 Å². The van der Waals surface area contributed by atoms with Crippen LogP contribution in [-0.2, 0) is 19.4 Å². The smallest absolute Gasteiger partial charge is 0.222 e. The maximum atomic E-state index is 6.25. The van der Waals surface area contributed by atoms with Crippen LogP contribution in [0.5, 0.6) is 0 Å². The van der Waals surface area contributed by atoms with Crippen molar-refractivity contribution in [3.63, 3.8) is 0 Å². The number of nitrogen functional groups attached to an aromatic ring is 1. The van der Waals surface area contributed by atoms with Crippen molar-refractivity contribution >= 4 is 11.8 Å². The van der Waals surface area contributed by atoms with Crippen LogP contribution in [0, 0.1) is 5.41 Å². The molecule has 3 aromatic rings. The Morgan fingerprint density at radius 1 is 0.848 bits per heavy atom. The summed E-state index contributed by atoms with van der Waals surface area (Å²) in [5, 5.41) is 0. The third kappa shape index (κ3) is 3.99. The van der Waals surface area contributed by atoms with Crippen molar-refractivity contribution in [2.45, 2.75) is 45.1 Å². The van der Waals surface area contributed by atoms with Crippen LogP contribution < -0.4 is 10.6 Å². The molecular formula is C28H33N5. The van der Waals surface area contributed by atoms with Gasteiger partial charge in [-0.05, 0) is 61.6 Å². The fourth-order valence-corrected chi connectivity index (χ4v) is 6.23. The minimum Gasteiger partial charge on any atom is -0.368 e. The second-order valence-corrected chi connectivity index (χ2v) is 10.2. The molecule has 1 aromatic heterocycles. The van der Waals surface area contributed by atoms with Gasteiger partial charge in [0.15, 0.2) is 0 Å². The average Bonchev–Trinajstić information content (AvgIpc) is 3.12. The van der Waals surface area contributed by atoms with Crippen LogP contribution in [0.2, 0.25) is 0 Å². The van der Waals surface area contributed by atoms with E-state index in [1.165, 1.54) is 54.6 Å². The molecule has 1 spiro atoms.